The van der Waals surface area contributed by atoms with E-state index in [1.807, 2.05) is 12.1 Å². The first-order valence-electron chi connectivity index (χ1n) is 4.47. The Bertz CT molecular complexity index is 512. The van der Waals surface area contributed by atoms with E-state index in [4.69, 9.17) is 23.2 Å². The molecule has 1 aromatic carbocycles. The Labute approximate surface area is 111 Å². The largest absolute Gasteiger partial charge is 0.194 e. The lowest BCUT2D eigenvalue weighted by atomic mass is 10.3. The van der Waals surface area contributed by atoms with E-state index in [9.17, 15) is 0 Å². The zero-order valence-electron chi connectivity index (χ0n) is 8.23. The van der Waals surface area contributed by atoms with Crippen molar-refractivity contribution in [2.24, 2.45) is 0 Å². The fraction of sp³-hybridized carbons (Fsp3) is 0.222. The van der Waals surface area contributed by atoms with Crippen LogP contribution in [0.1, 0.15) is 18.1 Å². The van der Waals surface area contributed by atoms with E-state index >= 15 is 0 Å². The summed E-state index contributed by atoms with van der Waals surface area (Å²) in [6, 6.07) is 5.47. The maximum atomic E-state index is 6.11. The Morgan fingerprint density at radius 2 is 2.19 bits per heavy atom. The maximum Gasteiger partial charge on any atom is 0.174 e. The minimum atomic E-state index is -0.283. The van der Waals surface area contributed by atoms with Crippen LogP contribution in [0.25, 0.3) is 5.69 Å². The first kappa shape index (κ1) is 11.8. The van der Waals surface area contributed by atoms with Gasteiger partial charge in [0.05, 0.1) is 16.1 Å². The van der Waals surface area contributed by atoms with Crippen LogP contribution in [0.5, 0.6) is 0 Å². The monoisotopic (exact) mass is 320 g/mol. The number of alkyl halides is 1. The molecule has 7 heteroatoms. The van der Waals surface area contributed by atoms with Gasteiger partial charge in [0.25, 0.3) is 0 Å². The Hall–Kier alpha value is -0.650. The van der Waals surface area contributed by atoms with Crippen molar-refractivity contribution >= 4 is 39.1 Å². The smallest absolute Gasteiger partial charge is 0.174 e. The van der Waals surface area contributed by atoms with Crippen molar-refractivity contribution in [3.05, 3.63) is 33.5 Å². The molecule has 0 saturated carbocycles. The first-order chi connectivity index (χ1) is 7.59. The van der Waals surface area contributed by atoms with Gasteiger partial charge in [0.15, 0.2) is 5.82 Å². The molecule has 4 nitrogen and oxygen atoms in total. The van der Waals surface area contributed by atoms with E-state index < -0.39 is 0 Å². The summed E-state index contributed by atoms with van der Waals surface area (Å²) in [4.78, 5) is 0. The van der Waals surface area contributed by atoms with Crippen LogP contribution in [0.4, 0.5) is 0 Å². The van der Waals surface area contributed by atoms with Gasteiger partial charge in [-0.1, -0.05) is 27.5 Å². The highest BCUT2D eigenvalue weighted by Gasteiger charge is 2.15. The molecule has 0 radical (unpaired) electrons. The number of hydrogen-bond donors (Lipinski definition) is 0. The van der Waals surface area contributed by atoms with E-state index in [2.05, 4.69) is 31.5 Å². The van der Waals surface area contributed by atoms with Crippen molar-refractivity contribution in [3.8, 4) is 5.69 Å². The quantitative estimate of drug-likeness (QED) is 0.796. The molecule has 0 amide bonds. The highest BCUT2D eigenvalue weighted by molar-refractivity contribution is 9.10. The third kappa shape index (κ3) is 2.21. The van der Waals surface area contributed by atoms with Crippen LogP contribution in [0, 0.1) is 0 Å². The molecule has 0 aliphatic rings. The van der Waals surface area contributed by atoms with Gasteiger partial charge in [-0.3, -0.25) is 0 Å². The van der Waals surface area contributed by atoms with Gasteiger partial charge in [0.2, 0.25) is 0 Å². The molecule has 2 aromatic rings. The molecule has 84 valence electrons. The van der Waals surface area contributed by atoms with Crippen LogP contribution < -0.4 is 0 Å². The average molecular weight is 322 g/mol. The molecule has 0 fully saturated rings. The number of rotatable bonds is 2. The van der Waals surface area contributed by atoms with E-state index in [0.717, 1.165) is 4.47 Å². The molecule has 0 bridgehead atoms. The van der Waals surface area contributed by atoms with Crippen LogP contribution in [-0.2, 0) is 0 Å². The zero-order chi connectivity index (χ0) is 11.7. The van der Waals surface area contributed by atoms with Crippen molar-refractivity contribution in [1.29, 1.82) is 0 Å². The molecule has 0 aliphatic heterocycles. The Balaban J connectivity index is 2.54. The number of nitrogens with zero attached hydrogens (tertiary/aromatic N) is 4. The molecule has 0 spiro atoms. The lowest BCUT2D eigenvalue weighted by Gasteiger charge is -2.07. The highest BCUT2D eigenvalue weighted by Crippen LogP contribution is 2.26. The van der Waals surface area contributed by atoms with Gasteiger partial charge in [0.1, 0.15) is 0 Å². The highest BCUT2D eigenvalue weighted by atomic mass is 79.9. The summed E-state index contributed by atoms with van der Waals surface area (Å²) >= 11 is 15.4. The van der Waals surface area contributed by atoms with E-state index in [-0.39, 0.29) is 5.38 Å². The Kier molecular flexibility index (Phi) is 3.47. The van der Waals surface area contributed by atoms with Crippen molar-refractivity contribution in [3.63, 3.8) is 0 Å². The van der Waals surface area contributed by atoms with Gasteiger partial charge in [-0.25, -0.2) is 0 Å². The summed E-state index contributed by atoms with van der Waals surface area (Å²) in [6.45, 7) is 1.80. The van der Waals surface area contributed by atoms with Gasteiger partial charge in [0, 0.05) is 4.47 Å². The fourth-order valence-electron chi connectivity index (χ4n) is 1.27. The van der Waals surface area contributed by atoms with E-state index in [1.165, 1.54) is 4.68 Å². The van der Waals surface area contributed by atoms with Crippen molar-refractivity contribution in [1.82, 2.24) is 20.2 Å². The predicted molar refractivity (Wildman–Crippen MR) is 66.1 cm³/mol. The first-order valence-corrected chi connectivity index (χ1v) is 6.08. The minimum Gasteiger partial charge on any atom is -0.194 e. The number of benzene rings is 1. The lowest BCUT2D eigenvalue weighted by Crippen LogP contribution is -2.04. The fourth-order valence-corrected chi connectivity index (χ4v) is 2.16. The number of halogens is 3. The Morgan fingerprint density at radius 1 is 1.44 bits per heavy atom. The predicted octanol–water partition coefficient (Wildman–Crippen LogP) is 3.38. The molecule has 16 heavy (non-hydrogen) atoms. The second kappa shape index (κ2) is 4.69. The Morgan fingerprint density at radius 3 is 2.81 bits per heavy atom. The SMILES string of the molecule is CC(Cl)c1nnnn1-c1ccc(Br)cc1Cl. The average Bonchev–Trinajstić information content (AvgIpc) is 2.66. The molecule has 0 aliphatic carbocycles. The molecule has 1 atom stereocenters. The second-order valence-corrected chi connectivity index (χ2v) is 5.14. The molecule has 1 aromatic heterocycles. The molecule has 1 heterocycles. The zero-order valence-corrected chi connectivity index (χ0v) is 11.3. The van der Waals surface area contributed by atoms with Crippen LogP contribution in [0.15, 0.2) is 22.7 Å². The van der Waals surface area contributed by atoms with Crippen LogP contribution in [0.2, 0.25) is 5.02 Å². The molecule has 0 saturated heterocycles. The number of aromatic nitrogens is 4. The number of hydrogen-bond acceptors (Lipinski definition) is 3. The van der Waals surface area contributed by atoms with Crippen LogP contribution >= 0.6 is 39.1 Å². The molecule has 0 N–H and O–H groups in total. The molecule has 1 unspecified atom stereocenters. The third-order valence-corrected chi connectivity index (χ3v) is 2.98. The second-order valence-electron chi connectivity index (χ2n) is 3.16. The summed E-state index contributed by atoms with van der Waals surface area (Å²) in [5.41, 5.74) is 0.706. The topological polar surface area (TPSA) is 43.6 Å². The third-order valence-electron chi connectivity index (χ3n) is 1.99. The van der Waals surface area contributed by atoms with E-state index in [0.29, 0.717) is 16.5 Å². The normalized spacial score (nSPS) is 12.8. The van der Waals surface area contributed by atoms with Crippen molar-refractivity contribution in [2.45, 2.75) is 12.3 Å². The van der Waals surface area contributed by atoms with Crippen molar-refractivity contribution < 1.29 is 0 Å². The molecular formula is C9H7BrCl2N4. The summed E-state index contributed by atoms with van der Waals surface area (Å²) in [5, 5.41) is 11.6. The van der Waals surface area contributed by atoms with Crippen molar-refractivity contribution in [2.75, 3.05) is 0 Å². The van der Waals surface area contributed by atoms with Gasteiger partial charge in [-0.05, 0) is 35.5 Å². The minimum absolute atomic E-state index is 0.283. The van der Waals surface area contributed by atoms with Gasteiger partial charge in [-0.2, -0.15) is 4.68 Å². The summed E-state index contributed by atoms with van der Waals surface area (Å²) in [7, 11) is 0. The maximum absolute atomic E-state index is 6.11. The van der Waals surface area contributed by atoms with Crippen LogP contribution in [-0.4, -0.2) is 20.2 Å². The standard InChI is InChI=1S/C9H7BrCl2N4/c1-5(11)9-13-14-15-16(9)8-3-2-6(10)4-7(8)12/h2-5H,1H3. The number of tetrazole rings is 1. The molecular weight excluding hydrogens is 315 g/mol. The summed E-state index contributed by atoms with van der Waals surface area (Å²) in [5.74, 6) is 0.561. The van der Waals surface area contributed by atoms with E-state index in [1.54, 1.807) is 13.0 Å². The lowest BCUT2D eigenvalue weighted by molar-refractivity contribution is 0.761. The summed E-state index contributed by atoms with van der Waals surface area (Å²) < 4.78 is 2.43. The van der Waals surface area contributed by atoms with Gasteiger partial charge >= 0.3 is 0 Å². The van der Waals surface area contributed by atoms with Crippen LogP contribution in [0.3, 0.4) is 0 Å². The van der Waals surface area contributed by atoms with Gasteiger partial charge < -0.3 is 0 Å². The van der Waals surface area contributed by atoms with Gasteiger partial charge in [-0.15, -0.1) is 16.7 Å². The molecule has 2 rings (SSSR count). The summed E-state index contributed by atoms with van der Waals surface area (Å²) in [6.07, 6.45) is 0.